The molecule has 0 bridgehead atoms. The van der Waals surface area contributed by atoms with E-state index in [-0.39, 0.29) is 0 Å². The first-order valence-electron chi connectivity index (χ1n) is 5.15. The van der Waals surface area contributed by atoms with Crippen LogP contribution in [0.2, 0.25) is 0 Å². The molecule has 0 aromatic carbocycles. The van der Waals surface area contributed by atoms with Gasteiger partial charge in [0.05, 0.1) is 0 Å². The zero-order valence-electron chi connectivity index (χ0n) is 9.44. The molecule has 3 nitrogen and oxygen atoms in total. The van der Waals surface area contributed by atoms with Gasteiger partial charge in [-0.1, -0.05) is 6.92 Å². The van der Waals surface area contributed by atoms with Gasteiger partial charge in [0.15, 0.2) is 0 Å². The highest BCUT2D eigenvalue weighted by molar-refractivity contribution is 7.91. The molecule has 0 aliphatic rings. The van der Waals surface area contributed by atoms with E-state index >= 15 is 0 Å². The van der Waals surface area contributed by atoms with Crippen molar-refractivity contribution in [3.63, 3.8) is 0 Å². The maximum absolute atomic E-state index is 12.2. The topological polar surface area (TPSA) is 37.4 Å². The van der Waals surface area contributed by atoms with Gasteiger partial charge in [0, 0.05) is 23.8 Å². The van der Waals surface area contributed by atoms with E-state index in [4.69, 9.17) is 11.6 Å². The summed E-state index contributed by atoms with van der Waals surface area (Å²) in [4.78, 5) is 1.01. The lowest BCUT2D eigenvalue weighted by molar-refractivity contribution is 0.429. The molecule has 0 amide bonds. The zero-order valence-corrected chi connectivity index (χ0v) is 11.8. The molecule has 1 rings (SSSR count). The minimum absolute atomic E-state index is 0.418. The number of thiophene rings is 1. The number of rotatable bonds is 6. The average molecular weight is 282 g/mol. The fourth-order valence-electron chi connectivity index (χ4n) is 1.36. The summed E-state index contributed by atoms with van der Waals surface area (Å²) >= 11 is 6.89. The second kappa shape index (κ2) is 6.00. The average Bonchev–Trinajstić information content (AvgIpc) is 2.66. The Morgan fingerprint density at radius 2 is 2.12 bits per heavy atom. The predicted octanol–water partition coefficient (Wildman–Crippen LogP) is 2.70. The molecule has 0 N–H and O–H groups in total. The zero-order chi connectivity index (χ0) is 12.2. The summed E-state index contributed by atoms with van der Waals surface area (Å²) in [5.74, 6) is 0.482. The molecule has 0 unspecified atom stereocenters. The van der Waals surface area contributed by atoms with E-state index in [0.29, 0.717) is 29.6 Å². The molecule has 0 aliphatic heterocycles. The minimum atomic E-state index is -3.31. The number of hydrogen-bond acceptors (Lipinski definition) is 3. The molecule has 0 atom stereocenters. The Bertz CT molecular complexity index is 428. The molecular weight excluding hydrogens is 266 g/mol. The maximum atomic E-state index is 12.2. The van der Waals surface area contributed by atoms with E-state index in [2.05, 4.69) is 0 Å². The van der Waals surface area contributed by atoms with E-state index in [0.717, 1.165) is 4.88 Å². The van der Waals surface area contributed by atoms with E-state index in [1.165, 1.54) is 15.6 Å². The third-order valence-electron chi connectivity index (χ3n) is 2.20. The normalized spacial score (nSPS) is 12.2. The number of alkyl halides is 1. The van der Waals surface area contributed by atoms with Crippen molar-refractivity contribution in [3.05, 3.63) is 17.0 Å². The van der Waals surface area contributed by atoms with Crippen LogP contribution in [0.3, 0.4) is 0 Å². The van der Waals surface area contributed by atoms with Crippen molar-refractivity contribution in [1.29, 1.82) is 0 Å². The van der Waals surface area contributed by atoms with Gasteiger partial charge in [0.2, 0.25) is 0 Å². The molecule has 0 radical (unpaired) electrons. The SMILES string of the molecule is CCN(CCCCl)S(=O)(=O)c1ccc(C)s1. The Hall–Kier alpha value is -0.100. The quantitative estimate of drug-likeness (QED) is 0.752. The highest BCUT2D eigenvalue weighted by Crippen LogP contribution is 2.24. The van der Waals surface area contributed by atoms with E-state index in [9.17, 15) is 8.42 Å². The van der Waals surface area contributed by atoms with Gasteiger partial charge in [-0.15, -0.1) is 22.9 Å². The van der Waals surface area contributed by atoms with Crippen molar-refractivity contribution in [1.82, 2.24) is 4.31 Å². The molecule has 0 fully saturated rings. The summed E-state index contributed by atoms with van der Waals surface area (Å²) in [5.41, 5.74) is 0. The molecular formula is C10H16ClNO2S2. The Kier molecular flexibility index (Phi) is 5.24. The van der Waals surface area contributed by atoms with Crippen LogP contribution < -0.4 is 0 Å². The van der Waals surface area contributed by atoms with Gasteiger partial charge >= 0.3 is 0 Å². The van der Waals surface area contributed by atoms with Crippen LogP contribution in [0.15, 0.2) is 16.3 Å². The van der Waals surface area contributed by atoms with Gasteiger partial charge in [-0.3, -0.25) is 0 Å². The molecule has 16 heavy (non-hydrogen) atoms. The maximum Gasteiger partial charge on any atom is 0.252 e. The third kappa shape index (κ3) is 3.20. The predicted molar refractivity (Wildman–Crippen MR) is 68.8 cm³/mol. The van der Waals surface area contributed by atoms with Crippen LogP contribution in [-0.4, -0.2) is 31.7 Å². The van der Waals surface area contributed by atoms with Crippen LogP contribution in [0.4, 0.5) is 0 Å². The minimum Gasteiger partial charge on any atom is -0.206 e. The van der Waals surface area contributed by atoms with Crippen molar-refractivity contribution in [2.45, 2.75) is 24.5 Å². The molecule has 0 saturated heterocycles. The van der Waals surface area contributed by atoms with Crippen LogP contribution >= 0.6 is 22.9 Å². The molecule has 6 heteroatoms. The number of aryl methyl sites for hydroxylation is 1. The van der Waals surface area contributed by atoms with Crippen molar-refractivity contribution < 1.29 is 8.42 Å². The summed E-state index contributed by atoms with van der Waals surface area (Å²) in [6.45, 7) is 4.71. The number of nitrogens with zero attached hydrogens (tertiary/aromatic N) is 1. The third-order valence-corrected chi connectivity index (χ3v) is 5.91. The molecule has 1 heterocycles. The Morgan fingerprint density at radius 1 is 1.44 bits per heavy atom. The first-order chi connectivity index (χ1) is 7.52. The van der Waals surface area contributed by atoms with Crippen molar-refractivity contribution in [3.8, 4) is 0 Å². The van der Waals surface area contributed by atoms with Gasteiger partial charge in [-0.25, -0.2) is 8.42 Å². The molecule has 1 aromatic heterocycles. The summed E-state index contributed by atoms with van der Waals surface area (Å²) < 4.78 is 26.2. The number of sulfonamides is 1. The summed E-state index contributed by atoms with van der Waals surface area (Å²) in [7, 11) is -3.31. The van der Waals surface area contributed by atoms with Gasteiger partial charge in [-0.2, -0.15) is 4.31 Å². The molecule has 0 aliphatic carbocycles. The standard InChI is InChI=1S/C10H16ClNO2S2/c1-3-12(8-4-7-11)16(13,14)10-6-5-9(2)15-10/h5-6H,3-4,7-8H2,1-2H3. The van der Waals surface area contributed by atoms with Crippen molar-refractivity contribution in [2.24, 2.45) is 0 Å². The smallest absolute Gasteiger partial charge is 0.206 e. The molecule has 92 valence electrons. The summed E-state index contributed by atoms with van der Waals surface area (Å²) in [6.07, 6.45) is 0.680. The second-order valence-corrected chi connectivity index (χ2v) is 7.23. The van der Waals surface area contributed by atoms with E-state index < -0.39 is 10.0 Å². The Balaban J connectivity index is 2.90. The summed E-state index contributed by atoms with van der Waals surface area (Å²) in [5, 5.41) is 0. The van der Waals surface area contributed by atoms with Gasteiger partial charge in [0.1, 0.15) is 4.21 Å². The highest BCUT2D eigenvalue weighted by Gasteiger charge is 2.23. The number of hydrogen-bond donors (Lipinski definition) is 0. The van der Waals surface area contributed by atoms with E-state index in [1.54, 1.807) is 6.07 Å². The number of halogens is 1. The lowest BCUT2D eigenvalue weighted by Crippen LogP contribution is -2.31. The molecule has 1 aromatic rings. The lowest BCUT2D eigenvalue weighted by Gasteiger charge is -2.18. The fourth-order valence-corrected chi connectivity index (χ4v) is 4.41. The highest BCUT2D eigenvalue weighted by atomic mass is 35.5. The van der Waals surface area contributed by atoms with Crippen molar-refractivity contribution in [2.75, 3.05) is 19.0 Å². The first-order valence-corrected chi connectivity index (χ1v) is 7.94. The van der Waals surface area contributed by atoms with E-state index in [1.807, 2.05) is 19.9 Å². The molecule has 0 spiro atoms. The molecule has 0 saturated carbocycles. The van der Waals surface area contributed by atoms with Crippen molar-refractivity contribution >= 4 is 33.0 Å². The summed E-state index contributed by atoms with van der Waals surface area (Å²) in [6, 6.07) is 3.49. The largest absolute Gasteiger partial charge is 0.252 e. The van der Waals surface area contributed by atoms with Crippen LogP contribution in [0, 0.1) is 6.92 Å². The Labute approximate surface area is 106 Å². The monoisotopic (exact) mass is 281 g/mol. The van der Waals surface area contributed by atoms with Crippen LogP contribution in [0.1, 0.15) is 18.2 Å². The van der Waals surface area contributed by atoms with Gasteiger partial charge in [-0.05, 0) is 25.5 Å². The fraction of sp³-hybridized carbons (Fsp3) is 0.600. The Morgan fingerprint density at radius 3 is 2.56 bits per heavy atom. The van der Waals surface area contributed by atoms with Crippen LogP contribution in [0.5, 0.6) is 0 Å². The van der Waals surface area contributed by atoms with Crippen LogP contribution in [-0.2, 0) is 10.0 Å². The van der Waals surface area contributed by atoms with Gasteiger partial charge < -0.3 is 0 Å². The lowest BCUT2D eigenvalue weighted by atomic mass is 10.5. The first kappa shape index (κ1) is 14.0. The second-order valence-electron chi connectivity index (χ2n) is 3.40. The van der Waals surface area contributed by atoms with Crippen LogP contribution in [0.25, 0.3) is 0 Å². The van der Waals surface area contributed by atoms with Gasteiger partial charge in [0.25, 0.3) is 10.0 Å².